The van der Waals surface area contributed by atoms with Gasteiger partial charge >= 0.3 is 0 Å². The van der Waals surface area contributed by atoms with E-state index in [9.17, 15) is 0 Å². The van der Waals surface area contributed by atoms with Gasteiger partial charge in [-0.3, -0.25) is 0 Å². The monoisotopic (exact) mass is 198 g/mol. The molecule has 1 heterocycles. The summed E-state index contributed by atoms with van der Waals surface area (Å²) in [6.07, 6.45) is 7.81. The summed E-state index contributed by atoms with van der Waals surface area (Å²) >= 11 is 0. The van der Waals surface area contributed by atoms with Crippen molar-refractivity contribution >= 4 is 0 Å². The first-order valence-corrected chi connectivity index (χ1v) is 5.95. The molecule has 0 aromatic carbocycles. The fraction of sp³-hybridized carbons (Fsp3) is 1.00. The Bertz CT molecular complexity index is 161. The van der Waals surface area contributed by atoms with Crippen LogP contribution in [0.25, 0.3) is 0 Å². The second-order valence-electron chi connectivity index (χ2n) is 4.65. The summed E-state index contributed by atoms with van der Waals surface area (Å²) in [5.41, 5.74) is 5.86. The summed E-state index contributed by atoms with van der Waals surface area (Å²) < 4.78 is 5.58. The summed E-state index contributed by atoms with van der Waals surface area (Å²) in [4.78, 5) is 0. The lowest BCUT2D eigenvalue weighted by atomic mass is 9.92. The predicted molar refractivity (Wildman–Crippen MR) is 57.2 cm³/mol. The van der Waals surface area contributed by atoms with Gasteiger partial charge in [0.05, 0.1) is 6.10 Å². The first-order chi connectivity index (χ1) is 6.84. The molecule has 0 unspecified atom stereocenters. The van der Waals surface area contributed by atoms with Crippen molar-refractivity contribution in [3.63, 3.8) is 0 Å². The SMILES string of the molecule is NC1CCC(NC[C@@H]2CCCO2)CC1. The van der Waals surface area contributed by atoms with E-state index in [4.69, 9.17) is 10.5 Å². The van der Waals surface area contributed by atoms with Crippen molar-refractivity contribution < 1.29 is 4.74 Å². The number of hydrogen-bond acceptors (Lipinski definition) is 3. The molecule has 1 saturated heterocycles. The van der Waals surface area contributed by atoms with E-state index in [2.05, 4.69) is 5.32 Å². The van der Waals surface area contributed by atoms with E-state index in [-0.39, 0.29) is 0 Å². The van der Waals surface area contributed by atoms with Crippen molar-refractivity contribution in [2.45, 2.75) is 56.7 Å². The van der Waals surface area contributed by atoms with Gasteiger partial charge in [-0.1, -0.05) is 0 Å². The van der Waals surface area contributed by atoms with Crippen molar-refractivity contribution in [1.82, 2.24) is 5.32 Å². The van der Waals surface area contributed by atoms with Crippen LogP contribution in [0.2, 0.25) is 0 Å². The molecule has 3 nitrogen and oxygen atoms in total. The first kappa shape index (κ1) is 10.4. The molecular formula is C11H22N2O. The Kier molecular flexibility index (Phi) is 3.79. The van der Waals surface area contributed by atoms with E-state index < -0.39 is 0 Å². The van der Waals surface area contributed by atoms with Gasteiger partial charge in [-0.15, -0.1) is 0 Å². The highest BCUT2D eigenvalue weighted by Crippen LogP contribution is 2.18. The average molecular weight is 198 g/mol. The second-order valence-corrected chi connectivity index (χ2v) is 4.65. The Morgan fingerprint density at radius 2 is 1.93 bits per heavy atom. The lowest BCUT2D eigenvalue weighted by Gasteiger charge is -2.27. The maximum absolute atomic E-state index is 5.86. The smallest absolute Gasteiger partial charge is 0.0700 e. The molecular weight excluding hydrogens is 176 g/mol. The Balaban J connectivity index is 1.60. The van der Waals surface area contributed by atoms with E-state index in [1.807, 2.05) is 0 Å². The average Bonchev–Trinajstić information content (AvgIpc) is 2.70. The van der Waals surface area contributed by atoms with Crippen molar-refractivity contribution in [3.8, 4) is 0 Å². The molecule has 1 atom stereocenters. The number of rotatable bonds is 3. The third-order valence-corrected chi connectivity index (χ3v) is 3.43. The molecule has 82 valence electrons. The van der Waals surface area contributed by atoms with Crippen LogP contribution < -0.4 is 11.1 Å². The van der Waals surface area contributed by atoms with Crippen molar-refractivity contribution in [1.29, 1.82) is 0 Å². The zero-order valence-electron chi connectivity index (χ0n) is 8.87. The van der Waals surface area contributed by atoms with Gasteiger partial charge < -0.3 is 15.8 Å². The third kappa shape index (κ3) is 2.94. The molecule has 0 aromatic heterocycles. The quantitative estimate of drug-likeness (QED) is 0.712. The fourth-order valence-electron chi connectivity index (χ4n) is 2.43. The maximum atomic E-state index is 5.86. The van der Waals surface area contributed by atoms with E-state index in [1.165, 1.54) is 38.5 Å². The molecule has 1 aliphatic carbocycles. The minimum Gasteiger partial charge on any atom is -0.377 e. The largest absolute Gasteiger partial charge is 0.377 e. The molecule has 3 heteroatoms. The summed E-state index contributed by atoms with van der Waals surface area (Å²) in [5.74, 6) is 0. The minimum absolute atomic E-state index is 0.454. The topological polar surface area (TPSA) is 47.3 Å². The molecule has 1 saturated carbocycles. The lowest BCUT2D eigenvalue weighted by molar-refractivity contribution is 0.105. The summed E-state index contributed by atoms with van der Waals surface area (Å²) in [5, 5.41) is 3.60. The van der Waals surface area contributed by atoms with Gasteiger partial charge in [-0.2, -0.15) is 0 Å². The Morgan fingerprint density at radius 3 is 2.57 bits per heavy atom. The van der Waals surface area contributed by atoms with Gasteiger partial charge in [0.15, 0.2) is 0 Å². The summed E-state index contributed by atoms with van der Waals surface area (Å²) in [6.45, 7) is 2.00. The molecule has 3 N–H and O–H groups in total. The normalized spacial score (nSPS) is 38.8. The van der Waals surface area contributed by atoms with Crippen LogP contribution in [0.15, 0.2) is 0 Å². The standard InChI is InChI=1S/C11H22N2O/c12-9-3-5-10(6-4-9)13-8-11-2-1-7-14-11/h9-11,13H,1-8,12H2/t9?,10?,11-/m0/s1. The van der Waals surface area contributed by atoms with Crippen LogP contribution in [0.5, 0.6) is 0 Å². The second kappa shape index (κ2) is 5.10. The number of ether oxygens (including phenoxy) is 1. The van der Waals surface area contributed by atoms with Crippen LogP contribution in [0.1, 0.15) is 38.5 Å². The summed E-state index contributed by atoms with van der Waals surface area (Å²) in [7, 11) is 0. The number of nitrogens with one attached hydrogen (secondary N) is 1. The summed E-state index contributed by atoms with van der Waals surface area (Å²) in [6, 6.07) is 1.15. The zero-order chi connectivity index (χ0) is 9.80. The molecule has 2 fully saturated rings. The van der Waals surface area contributed by atoms with Gasteiger partial charge in [0.25, 0.3) is 0 Å². The highest BCUT2D eigenvalue weighted by atomic mass is 16.5. The molecule has 2 rings (SSSR count). The van der Waals surface area contributed by atoms with Crippen molar-refractivity contribution in [3.05, 3.63) is 0 Å². The highest BCUT2D eigenvalue weighted by molar-refractivity contribution is 4.80. The zero-order valence-corrected chi connectivity index (χ0v) is 8.87. The van der Waals surface area contributed by atoms with Gasteiger partial charge in [-0.05, 0) is 38.5 Å². The molecule has 0 radical (unpaired) electrons. The van der Waals surface area contributed by atoms with Crippen LogP contribution in [0.3, 0.4) is 0 Å². The predicted octanol–water partition coefficient (Wildman–Crippen LogP) is 1.02. The Hall–Kier alpha value is -0.120. The van der Waals surface area contributed by atoms with Crippen LogP contribution >= 0.6 is 0 Å². The fourth-order valence-corrected chi connectivity index (χ4v) is 2.43. The minimum atomic E-state index is 0.454. The van der Waals surface area contributed by atoms with Gasteiger partial charge in [0.2, 0.25) is 0 Å². The molecule has 0 amide bonds. The van der Waals surface area contributed by atoms with Gasteiger partial charge in [0, 0.05) is 25.2 Å². The molecule has 0 bridgehead atoms. The van der Waals surface area contributed by atoms with Crippen molar-refractivity contribution in [2.24, 2.45) is 5.73 Å². The van der Waals surface area contributed by atoms with Crippen LogP contribution in [-0.2, 0) is 4.74 Å². The molecule has 0 spiro atoms. The molecule has 1 aliphatic heterocycles. The van der Waals surface area contributed by atoms with Crippen molar-refractivity contribution in [2.75, 3.05) is 13.2 Å². The maximum Gasteiger partial charge on any atom is 0.0700 e. The van der Waals surface area contributed by atoms with E-state index >= 15 is 0 Å². The van der Waals surface area contributed by atoms with E-state index in [1.54, 1.807) is 0 Å². The molecule has 0 aromatic rings. The Labute approximate surface area is 86.4 Å². The van der Waals surface area contributed by atoms with Crippen LogP contribution in [-0.4, -0.2) is 31.3 Å². The van der Waals surface area contributed by atoms with Gasteiger partial charge in [0.1, 0.15) is 0 Å². The van der Waals surface area contributed by atoms with E-state index in [0.29, 0.717) is 18.2 Å². The Morgan fingerprint density at radius 1 is 1.14 bits per heavy atom. The number of hydrogen-bond donors (Lipinski definition) is 2. The molecule has 14 heavy (non-hydrogen) atoms. The van der Waals surface area contributed by atoms with Crippen LogP contribution in [0.4, 0.5) is 0 Å². The third-order valence-electron chi connectivity index (χ3n) is 3.43. The van der Waals surface area contributed by atoms with Crippen LogP contribution in [0, 0.1) is 0 Å². The number of nitrogens with two attached hydrogens (primary N) is 1. The van der Waals surface area contributed by atoms with E-state index in [0.717, 1.165) is 13.2 Å². The van der Waals surface area contributed by atoms with Gasteiger partial charge in [-0.25, -0.2) is 0 Å². The lowest BCUT2D eigenvalue weighted by Crippen LogP contribution is -2.40. The highest BCUT2D eigenvalue weighted by Gasteiger charge is 2.20. The first-order valence-electron chi connectivity index (χ1n) is 5.95. The molecule has 2 aliphatic rings.